The number of benzene rings is 2. The molecule has 30 heavy (non-hydrogen) atoms. The second-order valence-corrected chi connectivity index (χ2v) is 7.95. The van der Waals surface area contributed by atoms with Gasteiger partial charge in [-0.1, -0.05) is 23.9 Å². The van der Waals surface area contributed by atoms with E-state index in [1.54, 1.807) is 38.2 Å². The van der Waals surface area contributed by atoms with Crippen LogP contribution in [0.4, 0.5) is 11.4 Å². The van der Waals surface area contributed by atoms with Gasteiger partial charge in [0.1, 0.15) is 5.25 Å². The van der Waals surface area contributed by atoms with Crippen molar-refractivity contribution in [3.8, 4) is 0 Å². The second-order valence-electron chi connectivity index (χ2n) is 6.78. The van der Waals surface area contributed by atoms with Crippen molar-refractivity contribution in [1.29, 1.82) is 0 Å². The summed E-state index contributed by atoms with van der Waals surface area (Å²) in [7, 11) is 1.63. The molecule has 0 radical (unpaired) electrons. The minimum Gasteiger partial charge on any atom is -0.462 e. The lowest BCUT2D eigenvalue weighted by Crippen LogP contribution is -2.43. The fourth-order valence-electron chi connectivity index (χ4n) is 2.84. The average molecular weight is 426 g/mol. The van der Waals surface area contributed by atoms with Crippen LogP contribution in [-0.4, -0.2) is 46.8 Å². The summed E-state index contributed by atoms with van der Waals surface area (Å²) in [6, 6.07) is 14.1. The van der Waals surface area contributed by atoms with E-state index in [9.17, 15) is 14.4 Å². The highest BCUT2D eigenvalue weighted by Crippen LogP contribution is 2.29. The van der Waals surface area contributed by atoms with Gasteiger partial charge in [-0.15, -0.1) is 0 Å². The van der Waals surface area contributed by atoms with Crippen LogP contribution in [-0.2, 0) is 14.3 Å². The van der Waals surface area contributed by atoms with Crippen LogP contribution in [0.5, 0.6) is 0 Å². The summed E-state index contributed by atoms with van der Waals surface area (Å²) in [6.07, 6.45) is 0.0969. The fraction of sp³-hybridized carbons (Fsp3) is 0.273. The molecular weight excluding hydrogens is 402 g/mol. The monoisotopic (exact) mass is 425 g/mol. The Labute approximate surface area is 179 Å². The molecule has 3 rings (SSSR count). The first kappa shape index (κ1) is 21.6. The number of amides is 2. The first-order valence-corrected chi connectivity index (χ1v) is 10.4. The predicted octanol–water partition coefficient (Wildman–Crippen LogP) is 3.76. The Morgan fingerprint density at radius 2 is 1.97 bits per heavy atom. The number of amidine groups is 1. The summed E-state index contributed by atoms with van der Waals surface area (Å²) in [4.78, 5) is 42.8. The molecule has 0 aromatic heterocycles. The Hall–Kier alpha value is -3.13. The van der Waals surface area contributed by atoms with Gasteiger partial charge in [0.25, 0.3) is 0 Å². The Morgan fingerprint density at radius 3 is 2.63 bits per heavy atom. The van der Waals surface area contributed by atoms with Crippen molar-refractivity contribution in [2.24, 2.45) is 4.99 Å². The number of aliphatic imine (C=N–C) groups is 1. The number of anilines is 1. The molecule has 0 aliphatic carbocycles. The van der Waals surface area contributed by atoms with Crippen molar-refractivity contribution in [1.82, 2.24) is 4.90 Å². The van der Waals surface area contributed by atoms with E-state index < -0.39 is 11.2 Å². The van der Waals surface area contributed by atoms with Crippen LogP contribution in [0.25, 0.3) is 0 Å². The van der Waals surface area contributed by atoms with Crippen molar-refractivity contribution in [2.45, 2.75) is 25.5 Å². The van der Waals surface area contributed by atoms with Crippen LogP contribution in [0.15, 0.2) is 53.5 Å². The maximum atomic E-state index is 12.7. The molecular formula is C22H23N3O4S. The predicted molar refractivity (Wildman–Crippen MR) is 118 cm³/mol. The van der Waals surface area contributed by atoms with Gasteiger partial charge in [-0.25, -0.2) is 9.79 Å². The minimum absolute atomic E-state index is 0.0969. The third-order valence-corrected chi connectivity index (χ3v) is 5.69. The molecule has 7 nitrogen and oxygen atoms in total. The molecule has 1 atom stereocenters. The number of thioether (sulfide) groups is 1. The van der Waals surface area contributed by atoms with Gasteiger partial charge < -0.3 is 10.1 Å². The number of carbonyl (C=O) groups excluding carboxylic acids is 3. The van der Waals surface area contributed by atoms with E-state index in [4.69, 9.17) is 4.74 Å². The van der Waals surface area contributed by atoms with Crippen LogP contribution >= 0.6 is 11.8 Å². The summed E-state index contributed by atoms with van der Waals surface area (Å²) in [5, 5.41) is 2.72. The number of nitrogens with zero attached hydrogens (tertiary/aromatic N) is 2. The van der Waals surface area contributed by atoms with Crippen LogP contribution in [0.2, 0.25) is 0 Å². The molecule has 156 valence electrons. The number of ether oxygens (including phenoxy) is 1. The lowest BCUT2D eigenvalue weighted by molar-refractivity contribution is -0.128. The summed E-state index contributed by atoms with van der Waals surface area (Å²) in [6.45, 7) is 4.00. The van der Waals surface area contributed by atoms with Crippen molar-refractivity contribution in [3.05, 3.63) is 59.7 Å². The largest absolute Gasteiger partial charge is 0.462 e. The first-order chi connectivity index (χ1) is 14.4. The molecule has 8 heteroatoms. The molecule has 2 amide bonds. The quantitative estimate of drug-likeness (QED) is 0.737. The van der Waals surface area contributed by atoms with Gasteiger partial charge in [-0.2, -0.15) is 0 Å². The summed E-state index contributed by atoms with van der Waals surface area (Å²) < 4.78 is 4.97. The van der Waals surface area contributed by atoms with Crippen molar-refractivity contribution in [3.63, 3.8) is 0 Å². The van der Waals surface area contributed by atoms with Gasteiger partial charge in [0.15, 0.2) is 5.17 Å². The van der Waals surface area contributed by atoms with Crippen LogP contribution in [0, 0.1) is 6.92 Å². The second kappa shape index (κ2) is 9.58. The van der Waals surface area contributed by atoms with E-state index in [0.29, 0.717) is 28.7 Å². The van der Waals surface area contributed by atoms with Gasteiger partial charge in [-0.05, 0) is 55.8 Å². The third-order valence-electron chi connectivity index (χ3n) is 4.45. The Kier molecular flexibility index (Phi) is 6.89. The van der Waals surface area contributed by atoms with Gasteiger partial charge in [-0.3, -0.25) is 14.5 Å². The molecule has 1 fully saturated rings. The topological polar surface area (TPSA) is 88.1 Å². The zero-order valence-corrected chi connectivity index (χ0v) is 17.9. The number of rotatable bonds is 5. The maximum Gasteiger partial charge on any atom is 0.338 e. The number of esters is 1. The van der Waals surface area contributed by atoms with E-state index in [-0.39, 0.29) is 18.2 Å². The highest BCUT2D eigenvalue weighted by Gasteiger charge is 2.34. The summed E-state index contributed by atoms with van der Waals surface area (Å²) >= 11 is 1.24. The Morgan fingerprint density at radius 1 is 1.23 bits per heavy atom. The highest BCUT2D eigenvalue weighted by atomic mass is 32.2. The Bertz CT molecular complexity index is 988. The number of carbonyl (C=O) groups is 3. The molecule has 1 aliphatic heterocycles. The molecule has 1 saturated heterocycles. The zero-order valence-electron chi connectivity index (χ0n) is 17.0. The molecule has 0 spiro atoms. The van der Waals surface area contributed by atoms with Crippen LogP contribution < -0.4 is 5.32 Å². The van der Waals surface area contributed by atoms with E-state index in [0.717, 1.165) is 5.56 Å². The van der Waals surface area contributed by atoms with Gasteiger partial charge in [0.05, 0.1) is 17.9 Å². The van der Waals surface area contributed by atoms with Crippen LogP contribution in [0.1, 0.15) is 29.3 Å². The highest BCUT2D eigenvalue weighted by molar-refractivity contribution is 8.15. The SMILES string of the molecule is CCOC(=O)c1ccc(N=C2SC(C(=O)Nc3cccc(C)c3)CC(=O)N2C)cc1. The molecule has 1 unspecified atom stereocenters. The summed E-state index contributed by atoms with van der Waals surface area (Å²) in [5.41, 5.74) is 2.73. The van der Waals surface area contributed by atoms with Gasteiger partial charge in [0.2, 0.25) is 11.8 Å². The minimum atomic E-state index is -0.577. The standard InChI is InChI=1S/C22H23N3O4S/c1-4-29-21(28)15-8-10-16(11-9-15)24-22-25(3)19(26)13-18(30-22)20(27)23-17-7-5-6-14(2)12-17/h5-12,18H,4,13H2,1-3H3,(H,23,27). The van der Waals surface area contributed by atoms with E-state index in [1.807, 2.05) is 31.2 Å². The van der Waals surface area contributed by atoms with E-state index >= 15 is 0 Å². The van der Waals surface area contributed by atoms with Crippen molar-refractivity contribution in [2.75, 3.05) is 19.0 Å². The molecule has 0 bridgehead atoms. The molecule has 2 aromatic rings. The normalized spacial score (nSPS) is 17.7. The Balaban J connectivity index is 1.74. The number of hydrogen-bond acceptors (Lipinski definition) is 6. The molecule has 2 aromatic carbocycles. The summed E-state index contributed by atoms with van der Waals surface area (Å²) in [5.74, 6) is -0.818. The fourth-order valence-corrected chi connectivity index (χ4v) is 3.90. The zero-order chi connectivity index (χ0) is 21.7. The smallest absolute Gasteiger partial charge is 0.338 e. The molecule has 0 saturated carbocycles. The number of nitrogens with one attached hydrogen (secondary N) is 1. The third kappa shape index (κ3) is 5.27. The van der Waals surface area contributed by atoms with Crippen molar-refractivity contribution >= 4 is 46.1 Å². The van der Waals surface area contributed by atoms with E-state index in [1.165, 1.54) is 16.7 Å². The van der Waals surface area contributed by atoms with Gasteiger partial charge >= 0.3 is 5.97 Å². The molecule has 1 aliphatic rings. The first-order valence-electron chi connectivity index (χ1n) is 9.54. The number of hydrogen-bond donors (Lipinski definition) is 1. The van der Waals surface area contributed by atoms with Gasteiger partial charge in [0, 0.05) is 19.2 Å². The van der Waals surface area contributed by atoms with E-state index in [2.05, 4.69) is 10.3 Å². The average Bonchev–Trinajstić information content (AvgIpc) is 2.72. The lowest BCUT2D eigenvalue weighted by Gasteiger charge is -2.28. The van der Waals surface area contributed by atoms with Crippen molar-refractivity contribution < 1.29 is 19.1 Å². The van der Waals surface area contributed by atoms with Crippen LogP contribution in [0.3, 0.4) is 0 Å². The molecule has 1 heterocycles. The maximum absolute atomic E-state index is 12.7. The molecule has 1 N–H and O–H groups in total. The lowest BCUT2D eigenvalue weighted by atomic mass is 10.2. The number of aryl methyl sites for hydroxylation is 1.